The Morgan fingerprint density at radius 1 is 1.50 bits per heavy atom. The number of hydrogen-bond acceptors (Lipinski definition) is 4. The Kier molecular flexibility index (Phi) is 4.10. The summed E-state index contributed by atoms with van der Waals surface area (Å²) in [5.74, 6) is -1.30. The molecule has 0 saturated carbocycles. The minimum Gasteiger partial charge on any atom is -0.436 e. The molecule has 0 aromatic carbocycles. The molecule has 0 aliphatic carbocycles. The van der Waals surface area contributed by atoms with Crippen LogP contribution in [0.25, 0.3) is 0 Å². The van der Waals surface area contributed by atoms with Crippen LogP contribution in [0.1, 0.15) is 19.3 Å². The van der Waals surface area contributed by atoms with Crippen LogP contribution in [0.3, 0.4) is 0 Å². The van der Waals surface area contributed by atoms with E-state index in [0.29, 0.717) is 13.0 Å². The van der Waals surface area contributed by atoms with E-state index in [1.807, 2.05) is 0 Å². The van der Waals surface area contributed by atoms with E-state index in [1.165, 1.54) is 0 Å². The summed E-state index contributed by atoms with van der Waals surface area (Å²) in [6.07, 6.45) is -0.633. The van der Waals surface area contributed by atoms with Crippen LogP contribution >= 0.6 is 0 Å². The molecule has 0 aromatic heterocycles. The van der Waals surface area contributed by atoms with Gasteiger partial charge in [-0.15, -0.1) is 0 Å². The molecular formula is C9H15N3O4. The highest BCUT2D eigenvalue weighted by atomic mass is 16.6. The summed E-state index contributed by atoms with van der Waals surface area (Å²) in [5.41, 5.74) is 9.85. The van der Waals surface area contributed by atoms with Gasteiger partial charge in [-0.3, -0.25) is 9.59 Å². The van der Waals surface area contributed by atoms with Gasteiger partial charge in [0.05, 0.1) is 0 Å². The fraction of sp³-hybridized carbons (Fsp3) is 0.667. The molecule has 1 unspecified atom stereocenters. The molecule has 1 rings (SSSR count). The topological polar surface area (TPSA) is 125 Å². The third kappa shape index (κ3) is 3.41. The quantitative estimate of drug-likeness (QED) is 0.563. The first-order valence-corrected chi connectivity index (χ1v) is 5.04. The first-order chi connectivity index (χ1) is 7.50. The molecule has 1 heterocycles. The maximum Gasteiger partial charge on any atom is 0.405 e. The van der Waals surface area contributed by atoms with Crippen molar-refractivity contribution in [2.75, 3.05) is 6.54 Å². The normalized spacial score (nSPS) is 22.0. The highest BCUT2D eigenvalue weighted by molar-refractivity contribution is 5.84. The number of nitrogens with two attached hydrogens (primary N) is 2. The fourth-order valence-electron chi connectivity index (χ4n) is 1.68. The van der Waals surface area contributed by atoms with E-state index in [1.54, 1.807) is 0 Å². The van der Waals surface area contributed by atoms with Crippen LogP contribution in [0.2, 0.25) is 0 Å². The van der Waals surface area contributed by atoms with Gasteiger partial charge in [-0.25, -0.2) is 4.79 Å². The Hall–Kier alpha value is -1.79. The smallest absolute Gasteiger partial charge is 0.405 e. The molecular weight excluding hydrogens is 214 g/mol. The zero-order chi connectivity index (χ0) is 12.1. The van der Waals surface area contributed by atoms with Crippen molar-refractivity contribution in [2.24, 2.45) is 17.4 Å². The zero-order valence-corrected chi connectivity index (χ0v) is 8.77. The van der Waals surface area contributed by atoms with Gasteiger partial charge in [-0.05, 0) is 12.8 Å². The van der Waals surface area contributed by atoms with Crippen LogP contribution < -0.4 is 16.8 Å². The van der Waals surface area contributed by atoms with E-state index in [-0.39, 0.29) is 18.2 Å². The summed E-state index contributed by atoms with van der Waals surface area (Å²) in [5, 5.41) is 2.67. The van der Waals surface area contributed by atoms with E-state index in [2.05, 4.69) is 10.1 Å². The number of primary amides is 2. The third-order valence-corrected chi connectivity index (χ3v) is 2.47. The van der Waals surface area contributed by atoms with Crippen molar-refractivity contribution in [1.29, 1.82) is 0 Å². The standard InChI is InChI=1S/C9H15N3O4/c10-7(13)6(16-9(11)15)4-5-2-1-3-12-8(5)14/h5-6H,1-4H2,(H2,10,13)(H2,11,15)(H,12,14)/t5-,6?/m0/s1. The molecule has 3 amide bonds. The first kappa shape index (κ1) is 12.3. The molecule has 1 saturated heterocycles. The second kappa shape index (κ2) is 5.34. The summed E-state index contributed by atoms with van der Waals surface area (Å²) < 4.78 is 4.55. The lowest BCUT2D eigenvalue weighted by Crippen LogP contribution is -2.42. The van der Waals surface area contributed by atoms with E-state index in [9.17, 15) is 14.4 Å². The number of rotatable bonds is 4. The van der Waals surface area contributed by atoms with Crippen LogP contribution in [0, 0.1) is 5.92 Å². The van der Waals surface area contributed by atoms with Crippen LogP contribution in [0.5, 0.6) is 0 Å². The SMILES string of the molecule is NC(=O)OC(C[C@@H]1CCCNC1=O)C(N)=O. The zero-order valence-electron chi connectivity index (χ0n) is 8.77. The Bertz CT molecular complexity index is 305. The Morgan fingerprint density at radius 3 is 2.69 bits per heavy atom. The molecule has 90 valence electrons. The molecule has 2 atom stereocenters. The molecule has 0 aromatic rings. The summed E-state index contributed by atoms with van der Waals surface area (Å²) in [7, 11) is 0. The highest BCUT2D eigenvalue weighted by Gasteiger charge is 2.29. The van der Waals surface area contributed by atoms with Gasteiger partial charge in [-0.1, -0.05) is 0 Å². The van der Waals surface area contributed by atoms with Crippen molar-refractivity contribution in [3.63, 3.8) is 0 Å². The number of amides is 3. The van der Waals surface area contributed by atoms with Gasteiger partial charge in [-0.2, -0.15) is 0 Å². The van der Waals surface area contributed by atoms with Gasteiger partial charge < -0.3 is 21.5 Å². The number of nitrogens with one attached hydrogen (secondary N) is 1. The number of hydrogen-bond donors (Lipinski definition) is 3. The average molecular weight is 229 g/mol. The van der Waals surface area contributed by atoms with E-state index < -0.39 is 18.1 Å². The Balaban J connectivity index is 2.56. The van der Waals surface area contributed by atoms with Crippen molar-refractivity contribution in [3.8, 4) is 0 Å². The molecule has 0 radical (unpaired) electrons. The van der Waals surface area contributed by atoms with Crippen LogP contribution in [-0.2, 0) is 14.3 Å². The molecule has 0 spiro atoms. The summed E-state index contributed by atoms with van der Waals surface area (Å²) in [4.78, 5) is 32.9. The summed E-state index contributed by atoms with van der Waals surface area (Å²) in [6, 6.07) is 0. The van der Waals surface area contributed by atoms with Crippen molar-refractivity contribution in [2.45, 2.75) is 25.4 Å². The lowest BCUT2D eigenvalue weighted by Gasteiger charge is -2.24. The van der Waals surface area contributed by atoms with Crippen LogP contribution in [0.15, 0.2) is 0 Å². The van der Waals surface area contributed by atoms with Gasteiger partial charge in [0.25, 0.3) is 5.91 Å². The number of piperidine rings is 1. The summed E-state index contributed by atoms with van der Waals surface area (Å²) in [6.45, 7) is 0.632. The third-order valence-electron chi connectivity index (χ3n) is 2.47. The van der Waals surface area contributed by atoms with Crippen LogP contribution in [0.4, 0.5) is 4.79 Å². The summed E-state index contributed by atoms with van der Waals surface area (Å²) >= 11 is 0. The van der Waals surface area contributed by atoms with Gasteiger partial charge in [0.1, 0.15) is 0 Å². The number of carbonyl (C=O) groups is 3. The van der Waals surface area contributed by atoms with Gasteiger partial charge in [0.15, 0.2) is 6.10 Å². The predicted octanol–water partition coefficient (Wildman–Crippen LogP) is -1.15. The predicted molar refractivity (Wildman–Crippen MR) is 54.0 cm³/mol. The molecule has 7 heteroatoms. The Labute approximate surface area is 92.5 Å². The molecule has 0 bridgehead atoms. The fourth-order valence-corrected chi connectivity index (χ4v) is 1.68. The number of carbonyl (C=O) groups excluding carboxylic acids is 3. The highest BCUT2D eigenvalue weighted by Crippen LogP contribution is 2.18. The molecule has 5 N–H and O–H groups in total. The molecule has 16 heavy (non-hydrogen) atoms. The van der Waals surface area contributed by atoms with Gasteiger partial charge in [0.2, 0.25) is 5.91 Å². The second-order valence-corrected chi connectivity index (χ2v) is 3.69. The molecule has 1 aliphatic heterocycles. The molecule has 1 fully saturated rings. The van der Waals surface area contributed by atoms with Crippen LogP contribution in [-0.4, -0.2) is 30.6 Å². The average Bonchev–Trinajstić information content (AvgIpc) is 2.19. The van der Waals surface area contributed by atoms with Crippen molar-refractivity contribution < 1.29 is 19.1 Å². The lowest BCUT2D eigenvalue weighted by atomic mass is 9.92. The van der Waals surface area contributed by atoms with Gasteiger partial charge >= 0.3 is 6.09 Å². The molecule has 1 aliphatic rings. The maximum atomic E-state index is 11.4. The van der Waals surface area contributed by atoms with E-state index in [0.717, 1.165) is 6.42 Å². The van der Waals surface area contributed by atoms with Crippen molar-refractivity contribution in [3.05, 3.63) is 0 Å². The van der Waals surface area contributed by atoms with E-state index in [4.69, 9.17) is 11.5 Å². The second-order valence-electron chi connectivity index (χ2n) is 3.69. The first-order valence-electron chi connectivity index (χ1n) is 5.04. The Morgan fingerprint density at radius 2 is 2.19 bits per heavy atom. The lowest BCUT2D eigenvalue weighted by molar-refractivity contribution is -0.131. The minimum atomic E-state index is -1.13. The number of ether oxygens (including phenoxy) is 1. The minimum absolute atomic E-state index is 0.0874. The largest absolute Gasteiger partial charge is 0.436 e. The van der Waals surface area contributed by atoms with Gasteiger partial charge in [0, 0.05) is 18.9 Å². The molecule has 7 nitrogen and oxygen atoms in total. The van der Waals surface area contributed by atoms with Crippen molar-refractivity contribution >= 4 is 17.9 Å². The van der Waals surface area contributed by atoms with Crippen molar-refractivity contribution in [1.82, 2.24) is 5.32 Å². The monoisotopic (exact) mass is 229 g/mol. The maximum absolute atomic E-state index is 11.4. The van der Waals surface area contributed by atoms with E-state index >= 15 is 0 Å².